The Morgan fingerprint density at radius 1 is 0.637 bits per heavy atom. The van der Waals surface area contributed by atoms with Gasteiger partial charge in [0.2, 0.25) is 5.91 Å². The number of nitrogens with one attached hydrogen (secondary N) is 1. The first kappa shape index (κ1) is 81.6. The summed E-state index contributed by atoms with van der Waals surface area (Å²) >= 11 is 1.67. The summed E-state index contributed by atoms with van der Waals surface area (Å²) in [4.78, 5) is 63.4. The van der Waals surface area contributed by atoms with Crippen molar-refractivity contribution in [2.45, 2.75) is 143 Å². The molecule has 21 nitrogen and oxygen atoms in total. The summed E-state index contributed by atoms with van der Waals surface area (Å²) in [5.41, 5.74) is 14.0. The number of likely N-dealkylation sites (tertiary alicyclic amines) is 1. The number of benzene rings is 5. The van der Waals surface area contributed by atoms with Crippen LogP contribution in [0.1, 0.15) is 138 Å². The molecule has 5 aromatic heterocycles. The van der Waals surface area contributed by atoms with Gasteiger partial charge in [-0.3, -0.25) is 34.4 Å². The first-order chi connectivity index (χ1) is 54.9. The molecule has 5 saturated heterocycles. The van der Waals surface area contributed by atoms with Gasteiger partial charge in [0.15, 0.2) is 5.13 Å². The van der Waals surface area contributed by atoms with Gasteiger partial charge in [0.05, 0.1) is 65.2 Å². The molecule has 15 rings (SSSR count). The number of carbonyl (C=O) groups excluding carboxylic acids is 2. The largest absolute Gasteiger partial charge is 0.494 e. The molecule has 0 saturated carbocycles. The van der Waals surface area contributed by atoms with Crippen LogP contribution < -0.4 is 39.1 Å². The van der Waals surface area contributed by atoms with Gasteiger partial charge in [0.1, 0.15) is 34.4 Å². The number of ketones is 1. The number of aliphatic hydroxyl groups is 1. The number of piperidine rings is 1. The summed E-state index contributed by atoms with van der Waals surface area (Å²) < 4.78 is 45.2. The molecule has 1 amide bonds. The van der Waals surface area contributed by atoms with E-state index in [1.807, 2.05) is 71.9 Å². The zero-order valence-corrected chi connectivity index (χ0v) is 67.8. The molecule has 0 radical (unpaired) electrons. The Kier molecular flexibility index (Phi) is 28.2. The zero-order chi connectivity index (χ0) is 78.8. The maximum atomic E-state index is 13.4. The van der Waals surface area contributed by atoms with Crippen LogP contribution in [0.15, 0.2) is 151 Å². The lowest BCUT2D eigenvalue weighted by molar-refractivity contribution is -0.159. The smallest absolute Gasteiger partial charge is 0.394 e. The van der Waals surface area contributed by atoms with Crippen LogP contribution in [0.25, 0.3) is 38.4 Å². The summed E-state index contributed by atoms with van der Waals surface area (Å²) in [5, 5.41) is 24.6. The van der Waals surface area contributed by atoms with E-state index in [1.165, 1.54) is 29.5 Å². The molecule has 0 aliphatic carbocycles. The minimum atomic E-state index is -3.19. The van der Waals surface area contributed by atoms with Crippen LogP contribution in [-0.4, -0.2) is 210 Å². The number of aromatic nitrogens is 6. The van der Waals surface area contributed by atoms with E-state index < -0.39 is 6.11 Å². The van der Waals surface area contributed by atoms with Gasteiger partial charge in [0.25, 0.3) is 0 Å². The number of carbonyl (C=O) groups is 2. The third kappa shape index (κ3) is 21.9. The predicted molar refractivity (Wildman–Crippen MR) is 450 cm³/mol. The number of rotatable bonds is 25. The zero-order valence-electron chi connectivity index (χ0n) is 67.0. The summed E-state index contributed by atoms with van der Waals surface area (Å²) in [6.07, 6.45) is 13.0. The van der Waals surface area contributed by atoms with E-state index >= 15 is 0 Å². The molecule has 0 bridgehead atoms. The Labute approximate surface area is 668 Å². The second-order valence-corrected chi connectivity index (χ2v) is 32.0. The number of pyridine rings is 3. The fourth-order valence-electron chi connectivity index (χ4n) is 16.4. The van der Waals surface area contributed by atoms with Crippen molar-refractivity contribution in [1.82, 2.24) is 54.6 Å². The Morgan fingerprint density at radius 2 is 1.26 bits per heavy atom. The predicted octanol–water partition coefficient (Wildman–Crippen LogP) is 15.1. The number of hydrogen-bond acceptors (Lipinski definition) is 20. The van der Waals surface area contributed by atoms with Gasteiger partial charge < -0.3 is 53.9 Å². The fourth-order valence-corrected chi connectivity index (χ4v) is 17.3. The lowest BCUT2D eigenvalue weighted by atomic mass is 9.99. The van der Waals surface area contributed by atoms with Crippen LogP contribution >= 0.6 is 11.3 Å². The van der Waals surface area contributed by atoms with Gasteiger partial charge in [-0.15, -0.1) is 11.3 Å². The van der Waals surface area contributed by atoms with Gasteiger partial charge >= 0.3 is 6.11 Å². The van der Waals surface area contributed by atoms with E-state index in [4.69, 9.17) is 34.3 Å². The minimum Gasteiger partial charge on any atom is -0.494 e. The van der Waals surface area contributed by atoms with Gasteiger partial charge in [-0.05, 0) is 186 Å². The number of aliphatic hydroxyl groups excluding tert-OH is 1. The number of hydrogen-bond donors (Lipinski definition) is 2. The van der Waals surface area contributed by atoms with Crippen LogP contribution in [0.5, 0.6) is 17.2 Å². The molecular weight excluding hydrogens is 1450 g/mol. The molecule has 1 unspecified atom stereocenters. The van der Waals surface area contributed by atoms with Crippen molar-refractivity contribution in [2.24, 2.45) is 0 Å². The molecule has 1 atom stereocenters. The summed E-state index contributed by atoms with van der Waals surface area (Å²) in [6, 6.07) is 40.4. The highest BCUT2D eigenvalue weighted by molar-refractivity contribution is 7.13. The average molecular weight is 1560 g/mol. The van der Waals surface area contributed by atoms with E-state index in [-0.39, 0.29) is 29.6 Å². The van der Waals surface area contributed by atoms with Gasteiger partial charge in [-0.1, -0.05) is 62.4 Å². The number of thiazole rings is 1. The number of para-hydroxylation sites is 1. The number of methoxy groups -OCH3 is 1. The SMILES string of the molecule is CC(=O)CCCOc1c(C)cc2cccnc2c1N1CCCN(Cc2ccn(-c3ccccc3)n2)CC1.CC(C)c1cc(N2CCCN(C(CC(=O)NCCN3CCCC3)c3csc(N4CCC(O)CC4)n3)CC2)c2ncccc2c1.COc1c(C)cc2cccnc2c1N1CCCN(Cc2cccc(OC(C)(F)F)c2)CC1. The highest BCUT2D eigenvalue weighted by atomic mass is 32.1. The number of anilines is 4. The number of Topliss-reactive ketones (excluding diaryl/α,β-unsaturated/α-hetero) is 1. The molecule has 24 heteroatoms. The fraction of sp³-hybridized carbons (Fsp3) is 0.472. The van der Waals surface area contributed by atoms with Crippen LogP contribution in [0.2, 0.25) is 0 Å². The number of ether oxygens (including phenoxy) is 3. The quantitative estimate of drug-likeness (QED) is 0.0513. The normalized spacial score (nSPS) is 17.0. The molecule has 10 aromatic rings. The average Bonchev–Trinajstić information content (AvgIpc) is 0.847. The van der Waals surface area contributed by atoms with E-state index in [2.05, 4.69) is 143 Å². The van der Waals surface area contributed by atoms with Crippen molar-refractivity contribution in [1.29, 1.82) is 0 Å². The Balaban J connectivity index is 0.000000150. The van der Waals surface area contributed by atoms with Crippen LogP contribution in [-0.2, 0) is 22.7 Å². The van der Waals surface area contributed by atoms with Crippen molar-refractivity contribution in [3.8, 4) is 22.9 Å². The molecule has 5 aliphatic heterocycles. The second-order valence-electron chi connectivity index (χ2n) is 31.2. The van der Waals surface area contributed by atoms with E-state index in [0.29, 0.717) is 38.5 Å². The lowest BCUT2D eigenvalue weighted by Gasteiger charge is -2.31. The monoisotopic (exact) mass is 1560 g/mol. The van der Waals surface area contributed by atoms with Crippen molar-refractivity contribution < 1.29 is 37.7 Å². The molecule has 10 heterocycles. The van der Waals surface area contributed by atoms with Gasteiger partial charge in [0, 0.05) is 184 Å². The number of halogens is 2. The Bertz CT molecular complexity index is 4760. The summed E-state index contributed by atoms with van der Waals surface area (Å²) in [6.45, 7) is 29.5. The first-order valence-electron chi connectivity index (χ1n) is 40.7. The van der Waals surface area contributed by atoms with Crippen LogP contribution in [0, 0.1) is 13.8 Å². The summed E-state index contributed by atoms with van der Waals surface area (Å²) in [5.74, 6) is 2.69. The van der Waals surface area contributed by atoms with Crippen molar-refractivity contribution in [3.05, 3.63) is 185 Å². The maximum absolute atomic E-state index is 13.4. The lowest BCUT2D eigenvalue weighted by Crippen LogP contribution is -2.39. The third-order valence-corrected chi connectivity index (χ3v) is 23.1. The molecule has 113 heavy (non-hydrogen) atoms. The van der Waals surface area contributed by atoms with Gasteiger partial charge in [-0.2, -0.15) is 13.9 Å². The molecule has 5 aliphatic rings. The van der Waals surface area contributed by atoms with Crippen molar-refractivity contribution in [3.63, 3.8) is 0 Å². The molecule has 0 spiro atoms. The number of alkyl halides is 2. The van der Waals surface area contributed by atoms with E-state index in [0.717, 1.165) is 252 Å². The van der Waals surface area contributed by atoms with Crippen LogP contribution in [0.4, 0.5) is 31.0 Å². The molecule has 600 valence electrons. The molecule has 5 fully saturated rings. The highest BCUT2D eigenvalue weighted by Crippen LogP contribution is 2.42. The maximum Gasteiger partial charge on any atom is 0.394 e. The number of aryl methyl sites for hydroxylation is 2. The minimum absolute atomic E-state index is 0.0704. The Morgan fingerprint density at radius 3 is 1.92 bits per heavy atom. The van der Waals surface area contributed by atoms with E-state index in [9.17, 15) is 23.5 Å². The van der Waals surface area contributed by atoms with Gasteiger partial charge in [-0.25, -0.2) is 9.67 Å². The topological polar surface area (TPSA) is 189 Å². The molecule has 2 N–H and O–H groups in total. The van der Waals surface area contributed by atoms with E-state index in [1.54, 1.807) is 43.6 Å². The molecule has 5 aromatic carbocycles. The molecular formula is C89H113F2N15O6S. The van der Waals surface area contributed by atoms with Crippen molar-refractivity contribution in [2.75, 3.05) is 151 Å². The summed E-state index contributed by atoms with van der Waals surface area (Å²) in [7, 11) is 1.71. The number of fused-ring (bicyclic) bond motifs is 3. The second kappa shape index (κ2) is 39.1. The highest BCUT2D eigenvalue weighted by Gasteiger charge is 2.32. The Hall–Kier alpha value is -9.43. The standard InChI is InChI=1S/C34H49N7O2S.C30H35N5O2.C25H29F2N3O2/c1-25(2)27-21-26-7-5-10-36-33(26)31(22-27)40-15-6-14-39(19-20-40)30(23-32(43)35-11-18-38-12-3-4-13-38)29-24-44-34(37-29)41-16-8-28(42)9-17-41;1-23-21-25-10-6-14-31-28(25)29(30(23)37-20-7-9-24(2)36)34-16-8-15-33(18-19-34)22-26-13-17-35(32-26)27-11-4-3-5-12-27;1-18-15-20-8-5-10-28-22(20)23(24(18)31-3)30-12-6-11-29(13-14-30)17-19-7-4-9-21(16-19)32-25(2,26)27/h5,7,10,21-22,24-25,28,30,42H,3-4,6,8-9,11-20,23H2,1-2H3,(H,35,43);3-6,10-14,17,21H,7-9,15-16,18-20,22H2,1-2H3;4-5,7-10,15-16H,6,11-14,17H2,1-3H3. The third-order valence-electron chi connectivity index (χ3n) is 22.2. The van der Waals surface area contributed by atoms with Crippen molar-refractivity contribution >= 4 is 77.9 Å². The number of amides is 1. The first-order valence-corrected chi connectivity index (χ1v) is 41.6. The number of nitrogens with zero attached hydrogens (tertiary/aromatic N) is 14. The van der Waals surface area contributed by atoms with Crippen LogP contribution in [0.3, 0.4) is 0 Å².